The van der Waals surface area contributed by atoms with E-state index in [2.05, 4.69) is 15.2 Å². The highest BCUT2D eigenvalue weighted by Crippen LogP contribution is 2.23. The van der Waals surface area contributed by atoms with E-state index < -0.39 is 0 Å². The normalized spacial score (nSPS) is 14.2. The van der Waals surface area contributed by atoms with Gasteiger partial charge in [-0.1, -0.05) is 0 Å². The molecule has 5 nitrogen and oxygen atoms in total. The zero-order chi connectivity index (χ0) is 14.7. The molecule has 5 heteroatoms. The van der Waals surface area contributed by atoms with Crippen LogP contribution in [0.1, 0.15) is 23.2 Å². The Bertz CT molecular complexity index is 634. The van der Waals surface area contributed by atoms with Crippen LogP contribution in [0.4, 0.5) is 11.5 Å². The second-order valence-corrected chi connectivity index (χ2v) is 5.07. The molecule has 1 aromatic heterocycles. The van der Waals surface area contributed by atoms with Gasteiger partial charge >= 0.3 is 0 Å². The van der Waals surface area contributed by atoms with Gasteiger partial charge in [-0.25, -0.2) is 4.98 Å². The molecule has 1 aromatic carbocycles. The summed E-state index contributed by atoms with van der Waals surface area (Å²) >= 11 is 0. The first kappa shape index (κ1) is 13.4. The van der Waals surface area contributed by atoms with Gasteiger partial charge in [0, 0.05) is 25.0 Å². The minimum Gasteiger partial charge on any atom is -0.508 e. The summed E-state index contributed by atoms with van der Waals surface area (Å²) in [6.07, 6.45) is 3.98. The molecule has 108 valence electrons. The number of hydrogen-bond donors (Lipinski definition) is 2. The minimum absolute atomic E-state index is 0.173. The van der Waals surface area contributed by atoms with E-state index in [-0.39, 0.29) is 11.7 Å². The highest BCUT2D eigenvalue weighted by Gasteiger charge is 2.20. The van der Waals surface area contributed by atoms with Gasteiger partial charge in [-0.3, -0.25) is 4.79 Å². The molecule has 1 amide bonds. The zero-order valence-corrected chi connectivity index (χ0v) is 11.6. The zero-order valence-electron chi connectivity index (χ0n) is 11.6. The van der Waals surface area contributed by atoms with Crippen LogP contribution in [0.3, 0.4) is 0 Å². The van der Waals surface area contributed by atoms with Crippen molar-refractivity contribution in [1.29, 1.82) is 0 Å². The van der Waals surface area contributed by atoms with Crippen molar-refractivity contribution in [1.82, 2.24) is 4.98 Å². The number of nitrogens with zero attached hydrogens (tertiary/aromatic N) is 2. The number of phenolic OH excluding ortho intramolecular Hbond substituents is 1. The first-order valence-electron chi connectivity index (χ1n) is 7.04. The minimum atomic E-state index is -0.185. The maximum atomic E-state index is 12.4. The quantitative estimate of drug-likeness (QED) is 0.850. The number of rotatable bonds is 3. The van der Waals surface area contributed by atoms with Crippen LogP contribution >= 0.6 is 0 Å². The first-order chi connectivity index (χ1) is 10.2. The van der Waals surface area contributed by atoms with Crippen LogP contribution in [-0.2, 0) is 0 Å². The van der Waals surface area contributed by atoms with Crippen LogP contribution in [0.15, 0.2) is 42.6 Å². The second-order valence-electron chi connectivity index (χ2n) is 5.07. The number of amides is 1. The molecule has 21 heavy (non-hydrogen) atoms. The summed E-state index contributed by atoms with van der Waals surface area (Å²) in [5, 5.41) is 12.1. The van der Waals surface area contributed by atoms with E-state index >= 15 is 0 Å². The third-order valence-electron chi connectivity index (χ3n) is 3.56. The molecule has 2 heterocycles. The number of benzene rings is 1. The standard InChI is InChI=1S/C16H17N3O2/c20-13-7-5-12(6-8-13)18-16(21)14-4-3-9-17-15(14)19-10-1-2-11-19/h3-9,20H,1-2,10-11H2,(H,18,21). The molecule has 1 fully saturated rings. The van der Waals surface area contributed by atoms with Crippen LogP contribution in [0, 0.1) is 0 Å². The predicted octanol–water partition coefficient (Wildman–Crippen LogP) is 2.64. The van der Waals surface area contributed by atoms with Crippen LogP contribution in [0.2, 0.25) is 0 Å². The van der Waals surface area contributed by atoms with Gasteiger partial charge in [0.1, 0.15) is 11.6 Å². The lowest BCUT2D eigenvalue weighted by Gasteiger charge is -2.19. The van der Waals surface area contributed by atoms with Gasteiger partial charge in [0.25, 0.3) is 5.91 Å². The molecule has 3 rings (SSSR count). The van der Waals surface area contributed by atoms with E-state index in [0.717, 1.165) is 31.7 Å². The number of hydrogen-bond acceptors (Lipinski definition) is 4. The summed E-state index contributed by atoms with van der Waals surface area (Å²) in [4.78, 5) is 18.9. The summed E-state index contributed by atoms with van der Waals surface area (Å²) in [6.45, 7) is 1.88. The van der Waals surface area contributed by atoms with Gasteiger partial charge in [-0.15, -0.1) is 0 Å². The Morgan fingerprint density at radius 2 is 1.86 bits per heavy atom. The summed E-state index contributed by atoms with van der Waals surface area (Å²) in [5.74, 6) is 0.731. The van der Waals surface area contributed by atoms with Crippen LogP contribution in [0.5, 0.6) is 5.75 Å². The SMILES string of the molecule is O=C(Nc1ccc(O)cc1)c1cccnc1N1CCCC1. The Kier molecular flexibility index (Phi) is 3.73. The molecule has 0 atom stereocenters. The highest BCUT2D eigenvalue weighted by molar-refractivity contribution is 6.07. The molecule has 2 N–H and O–H groups in total. The predicted molar refractivity (Wildman–Crippen MR) is 81.7 cm³/mol. The van der Waals surface area contributed by atoms with Crippen molar-refractivity contribution < 1.29 is 9.90 Å². The van der Waals surface area contributed by atoms with Crippen molar-refractivity contribution in [3.05, 3.63) is 48.2 Å². The highest BCUT2D eigenvalue weighted by atomic mass is 16.3. The van der Waals surface area contributed by atoms with Crippen LogP contribution in [0.25, 0.3) is 0 Å². The van der Waals surface area contributed by atoms with Gasteiger partial charge in [-0.2, -0.15) is 0 Å². The molecule has 0 bridgehead atoms. The molecule has 0 unspecified atom stereocenters. The van der Waals surface area contributed by atoms with E-state index in [1.54, 1.807) is 42.6 Å². The number of nitrogens with one attached hydrogen (secondary N) is 1. The van der Waals surface area contributed by atoms with Crippen molar-refractivity contribution in [3.8, 4) is 5.75 Å². The number of pyridine rings is 1. The number of phenols is 1. The Hall–Kier alpha value is -2.56. The molecular weight excluding hydrogens is 266 g/mol. The lowest BCUT2D eigenvalue weighted by Crippen LogP contribution is -2.24. The fourth-order valence-corrected chi connectivity index (χ4v) is 2.50. The first-order valence-corrected chi connectivity index (χ1v) is 7.04. The second kappa shape index (κ2) is 5.83. The van der Waals surface area contributed by atoms with Gasteiger partial charge in [0.2, 0.25) is 0 Å². The third kappa shape index (κ3) is 2.97. The van der Waals surface area contributed by atoms with Gasteiger partial charge in [0.05, 0.1) is 5.56 Å². The summed E-state index contributed by atoms with van der Waals surface area (Å²) < 4.78 is 0. The number of aromatic hydroxyl groups is 1. The van der Waals surface area contributed by atoms with Gasteiger partial charge in [-0.05, 0) is 49.2 Å². The van der Waals surface area contributed by atoms with Crippen molar-refractivity contribution in [2.24, 2.45) is 0 Å². The Labute approximate surface area is 123 Å². The van der Waals surface area contributed by atoms with Crippen molar-refractivity contribution in [3.63, 3.8) is 0 Å². The molecule has 0 aliphatic carbocycles. The van der Waals surface area contributed by atoms with E-state index in [9.17, 15) is 9.90 Å². The average Bonchev–Trinajstić information content (AvgIpc) is 3.04. The van der Waals surface area contributed by atoms with E-state index in [4.69, 9.17) is 0 Å². The molecule has 1 saturated heterocycles. The van der Waals surface area contributed by atoms with Crippen molar-refractivity contribution >= 4 is 17.4 Å². The topological polar surface area (TPSA) is 65.5 Å². The summed E-state index contributed by atoms with van der Waals surface area (Å²) in [7, 11) is 0. The Morgan fingerprint density at radius 3 is 2.57 bits per heavy atom. The molecule has 2 aromatic rings. The molecule has 0 spiro atoms. The smallest absolute Gasteiger partial charge is 0.259 e. The number of carbonyl (C=O) groups is 1. The fraction of sp³-hybridized carbons (Fsp3) is 0.250. The molecule has 1 aliphatic heterocycles. The molecule has 0 saturated carbocycles. The van der Waals surface area contributed by atoms with Crippen molar-refractivity contribution in [2.75, 3.05) is 23.3 Å². The maximum absolute atomic E-state index is 12.4. The van der Waals surface area contributed by atoms with Crippen molar-refractivity contribution in [2.45, 2.75) is 12.8 Å². The molecule has 1 aliphatic rings. The summed E-state index contributed by atoms with van der Waals surface area (Å²) in [6, 6.07) is 9.97. The lowest BCUT2D eigenvalue weighted by atomic mass is 10.2. The number of carbonyl (C=O) groups excluding carboxylic acids is 1. The molecule has 0 radical (unpaired) electrons. The lowest BCUT2D eigenvalue weighted by molar-refractivity contribution is 0.102. The van der Waals surface area contributed by atoms with E-state index in [1.807, 2.05) is 0 Å². The number of anilines is 2. The average molecular weight is 283 g/mol. The van der Waals surface area contributed by atoms with Gasteiger partial charge in [0.15, 0.2) is 0 Å². The summed E-state index contributed by atoms with van der Waals surface area (Å²) in [5.41, 5.74) is 1.22. The number of aromatic nitrogens is 1. The van der Waals surface area contributed by atoms with E-state index in [0.29, 0.717) is 11.3 Å². The van der Waals surface area contributed by atoms with Crippen LogP contribution in [-0.4, -0.2) is 29.1 Å². The fourth-order valence-electron chi connectivity index (χ4n) is 2.50. The van der Waals surface area contributed by atoms with E-state index in [1.165, 1.54) is 0 Å². The molecular formula is C16H17N3O2. The third-order valence-corrected chi connectivity index (χ3v) is 3.56. The Balaban J connectivity index is 1.82. The van der Waals surface area contributed by atoms with Gasteiger partial charge < -0.3 is 15.3 Å². The van der Waals surface area contributed by atoms with Crippen LogP contribution < -0.4 is 10.2 Å². The Morgan fingerprint density at radius 1 is 1.14 bits per heavy atom. The monoisotopic (exact) mass is 283 g/mol. The largest absolute Gasteiger partial charge is 0.508 e. The maximum Gasteiger partial charge on any atom is 0.259 e.